The molecule has 0 aliphatic rings. The van der Waals surface area contributed by atoms with Gasteiger partial charge in [0.05, 0.1) is 7.11 Å². The van der Waals surface area contributed by atoms with Gasteiger partial charge in [-0.25, -0.2) is 4.79 Å². The summed E-state index contributed by atoms with van der Waals surface area (Å²) in [6.45, 7) is 1.72. The summed E-state index contributed by atoms with van der Waals surface area (Å²) < 4.78 is 10.3. The number of para-hydroxylation sites is 1. The van der Waals surface area contributed by atoms with Crippen LogP contribution < -0.4 is 4.74 Å². The van der Waals surface area contributed by atoms with Crippen molar-refractivity contribution in [3.05, 3.63) is 59.7 Å². The number of hydrogen-bond donors (Lipinski definition) is 0. The zero-order valence-electron chi connectivity index (χ0n) is 17.1. The third-order valence-electron chi connectivity index (χ3n) is 4.42. The summed E-state index contributed by atoms with van der Waals surface area (Å²) in [5, 5.41) is 12.0. The van der Waals surface area contributed by atoms with Crippen molar-refractivity contribution in [2.24, 2.45) is 0 Å². The van der Waals surface area contributed by atoms with Crippen LogP contribution in [0.4, 0.5) is 0 Å². The summed E-state index contributed by atoms with van der Waals surface area (Å²) in [6.07, 6.45) is 0. The van der Waals surface area contributed by atoms with Gasteiger partial charge in [0.2, 0.25) is 5.82 Å². The Hall–Kier alpha value is -3.75. The number of esters is 1. The van der Waals surface area contributed by atoms with Crippen LogP contribution in [-0.2, 0) is 27.4 Å². The van der Waals surface area contributed by atoms with Crippen LogP contribution in [0.2, 0.25) is 0 Å². The van der Waals surface area contributed by atoms with Gasteiger partial charge >= 0.3 is 5.97 Å². The van der Waals surface area contributed by atoms with E-state index in [4.69, 9.17) is 9.47 Å². The van der Waals surface area contributed by atoms with Crippen molar-refractivity contribution in [2.45, 2.75) is 20.0 Å². The number of ether oxygens (including phenoxy) is 2. The maximum absolute atomic E-state index is 12.3. The molecule has 1 aromatic heterocycles. The Bertz CT molecular complexity index is 1020. The van der Waals surface area contributed by atoms with Crippen LogP contribution in [0.25, 0.3) is 11.4 Å². The van der Waals surface area contributed by atoms with E-state index in [9.17, 15) is 9.59 Å². The highest BCUT2D eigenvalue weighted by Gasteiger charge is 2.16. The lowest BCUT2D eigenvalue weighted by molar-refractivity contribution is -0.152. The van der Waals surface area contributed by atoms with E-state index in [1.807, 2.05) is 55.5 Å². The SMILES string of the molecule is COc1ccccc1CN(C)C(=O)COC(=O)Cn1nnc(-c2ccc(C)cc2)n1. The molecule has 9 heteroatoms. The van der Waals surface area contributed by atoms with E-state index < -0.39 is 5.97 Å². The van der Waals surface area contributed by atoms with Gasteiger partial charge in [0, 0.05) is 24.7 Å². The molecule has 156 valence electrons. The molecular weight excluding hydrogens is 386 g/mol. The first-order valence-corrected chi connectivity index (χ1v) is 9.32. The Kier molecular flexibility index (Phi) is 6.74. The number of tetrazole rings is 1. The largest absolute Gasteiger partial charge is 0.496 e. The van der Waals surface area contributed by atoms with Crippen molar-refractivity contribution < 1.29 is 19.1 Å². The molecule has 30 heavy (non-hydrogen) atoms. The first-order valence-electron chi connectivity index (χ1n) is 9.32. The molecule has 0 atom stereocenters. The van der Waals surface area contributed by atoms with Crippen LogP contribution in [-0.4, -0.2) is 57.7 Å². The van der Waals surface area contributed by atoms with Crippen LogP contribution in [0.1, 0.15) is 11.1 Å². The Balaban J connectivity index is 1.49. The quantitative estimate of drug-likeness (QED) is 0.524. The molecule has 3 rings (SSSR count). The molecule has 0 unspecified atom stereocenters. The average Bonchev–Trinajstić information content (AvgIpc) is 3.21. The monoisotopic (exact) mass is 409 g/mol. The van der Waals surface area contributed by atoms with Gasteiger partial charge in [0.15, 0.2) is 13.2 Å². The highest BCUT2D eigenvalue weighted by Crippen LogP contribution is 2.18. The Morgan fingerprint density at radius 2 is 1.83 bits per heavy atom. The van der Waals surface area contributed by atoms with Gasteiger partial charge in [0.25, 0.3) is 5.91 Å². The third-order valence-corrected chi connectivity index (χ3v) is 4.42. The number of rotatable bonds is 8. The fourth-order valence-electron chi connectivity index (χ4n) is 2.72. The van der Waals surface area contributed by atoms with Gasteiger partial charge in [-0.05, 0) is 18.2 Å². The number of benzene rings is 2. The van der Waals surface area contributed by atoms with E-state index in [0.717, 1.165) is 21.5 Å². The van der Waals surface area contributed by atoms with Crippen LogP contribution in [0.15, 0.2) is 48.5 Å². The highest BCUT2D eigenvalue weighted by molar-refractivity contribution is 5.80. The number of methoxy groups -OCH3 is 1. The second-order valence-electron chi connectivity index (χ2n) is 6.73. The molecule has 0 saturated heterocycles. The number of carbonyl (C=O) groups excluding carboxylic acids is 2. The smallest absolute Gasteiger partial charge is 0.330 e. The van der Waals surface area contributed by atoms with Gasteiger partial charge in [-0.3, -0.25) is 4.79 Å². The van der Waals surface area contributed by atoms with Gasteiger partial charge < -0.3 is 14.4 Å². The number of aromatic nitrogens is 4. The lowest BCUT2D eigenvalue weighted by atomic mass is 10.1. The fraction of sp³-hybridized carbons (Fsp3) is 0.286. The summed E-state index contributed by atoms with van der Waals surface area (Å²) >= 11 is 0. The fourth-order valence-corrected chi connectivity index (χ4v) is 2.72. The molecule has 0 spiro atoms. The average molecular weight is 409 g/mol. The summed E-state index contributed by atoms with van der Waals surface area (Å²) in [5.41, 5.74) is 2.78. The van der Waals surface area contributed by atoms with Crippen molar-refractivity contribution in [3.63, 3.8) is 0 Å². The van der Waals surface area contributed by atoms with Crippen LogP contribution in [0.3, 0.4) is 0 Å². The number of nitrogens with zero attached hydrogens (tertiary/aromatic N) is 5. The van der Waals surface area contributed by atoms with Gasteiger partial charge in [-0.15, -0.1) is 10.2 Å². The second kappa shape index (κ2) is 9.64. The maximum Gasteiger partial charge on any atom is 0.330 e. The molecule has 0 radical (unpaired) electrons. The van der Waals surface area contributed by atoms with E-state index in [1.165, 1.54) is 4.90 Å². The minimum atomic E-state index is -0.623. The number of amides is 1. The molecule has 9 nitrogen and oxygen atoms in total. The van der Waals surface area contributed by atoms with E-state index in [2.05, 4.69) is 15.4 Å². The predicted molar refractivity (Wildman–Crippen MR) is 108 cm³/mol. The Morgan fingerprint density at radius 3 is 2.57 bits per heavy atom. The Morgan fingerprint density at radius 1 is 1.10 bits per heavy atom. The van der Waals surface area contributed by atoms with E-state index >= 15 is 0 Å². The van der Waals surface area contributed by atoms with Gasteiger partial charge in [-0.2, -0.15) is 4.80 Å². The molecule has 3 aromatic rings. The molecule has 1 amide bonds. The molecule has 1 heterocycles. The minimum Gasteiger partial charge on any atom is -0.496 e. The molecule has 2 aromatic carbocycles. The number of likely N-dealkylation sites (N-methyl/N-ethyl adjacent to an activating group) is 1. The van der Waals surface area contributed by atoms with Crippen molar-refractivity contribution in [1.29, 1.82) is 0 Å². The van der Waals surface area contributed by atoms with Crippen molar-refractivity contribution >= 4 is 11.9 Å². The Labute approximate surface area is 174 Å². The molecule has 0 bridgehead atoms. The summed E-state index contributed by atoms with van der Waals surface area (Å²) in [5.74, 6) is 0.147. The molecular formula is C21H23N5O4. The zero-order chi connectivity index (χ0) is 21.5. The van der Waals surface area contributed by atoms with Crippen molar-refractivity contribution in [2.75, 3.05) is 20.8 Å². The van der Waals surface area contributed by atoms with Crippen molar-refractivity contribution in [1.82, 2.24) is 25.1 Å². The molecule has 0 N–H and O–H groups in total. The van der Waals surface area contributed by atoms with E-state index in [1.54, 1.807) is 14.2 Å². The summed E-state index contributed by atoms with van der Waals surface area (Å²) in [4.78, 5) is 26.9. The summed E-state index contributed by atoms with van der Waals surface area (Å²) in [6, 6.07) is 15.1. The van der Waals surface area contributed by atoms with Crippen LogP contribution in [0, 0.1) is 6.92 Å². The normalized spacial score (nSPS) is 10.5. The van der Waals surface area contributed by atoms with E-state index in [0.29, 0.717) is 18.1 Å². The van der Waals surface area contributed by atoms with Gasteiger partial charge in [-0.1, -0.05) is 48.0 Å². The summed E-state index contributed by atoms with van der Waals surface area (Å²) in [7, 11) is 3.21. The topological polar surface area (TPSA) is 99.4 Å². The van der Waals surface area contributed by atoms with Crippen molar-refractivity contribution in [3.8, 4) is 17.1 Å². The zero-order valence-corrected chi connectivity index (χ0v) is 17.1. The minimum absolute atomic E-state index is 0.234. The lowest BCUT2D eigenvalue weighted by Crippen LogP contribution is -2.31. The maximum atomic E-state index is 12.3. The van der Waals surface area contributed by atoms with Crippen LogP contribution >= 0.6 is 0 Å². The molecule has 0 fully saturated rings. The number of carbonyl (C=O) groups is 2. The standard InChI is InChI=1S/C21H23N5O4/c1-15-8-10-16(11-9-15)21-22-24-26(23-21)13-20(28)30-14-19(27)25(2)12-17-6-4-5-7-18(17)29-3/h4-11H,12-14H2,1-3H3. The second-order valence-corrected chi connectivity index (χ2v) is 6.73. The molecule has 0 aliphatic heterocycles. The number of hydrogen-bond acceptors (Lipinski definition) is 7. The highest BCUT2D eigenvalue weighted by atomic mass is 16.5. The lowest BCUT2D eigenvalue weighted by Gasteiger charge is -2.18. The first kappa shape index (κ1) is 21.0. The molecule has 0 saturated carbocycles. The number of aryl methyl sites for hydroxylation is 1. The van der Waals surface area contributed by atoms with E-state index in [-0.39, 0.29) is 19.1 Å². The first-order chi connectivity index (χ1) is 14.5. The predicted octanol–water partition coefficient (Wildman–Crippen LogP) is 1.86. The molecule has 0 aliphatic carbocycles. The van der Waals surface area contributed by atoms with Gasteiger partial charge in [0.1, 0.15) is 5.75 Å². The third kappa shape index (κ3) is 5.40. The van der Waals surface area contributed by atoms with Crippen LogP contribution in [0.5, 0.6) is 5.75 Å².